The van der Waals surface area contributed by atoms with E-state index in [-0.39, 0.29) is 6.04 Å². The molecule has 1 atom stereocenters. The molecule has 0 bridgehead atoms. The second-order valence-corrected chi connectivity index (χ2v) is 5.62. The van der Waals surface area contributed by atoms with Gasteiger partial charge in [-0.05, 0) is 44.3 Å². The Bertz CT molecular complexity index is 560. The minimum Gasteiger partial charge on any atom is -0.490 e. The van der Waals surface area contributed by atoms with Gasteiger partial charge in [-0.3, -0.25) is 0 Å². The van der Waals surface area contributed by atoms with Gasteiger partial charge in [0.1, 0.15) is 24.7 Å². The molecule has 0 aliphatic rings. The smallest absolute Gasteiger partial charge is 0.124 e. The average molecular weight is 350 g/mol. The molecule has 0 aliphatic carbocycles. The Morgan fingerprint density at radius 2 is 1.76 bits per heavy atom. The van der Waals surface area contributed by atoms with Gasteiger partial charge in [-0.1, -0.05) is 34.1 Å². The van der Waals surface area contributed by atoms with Crippen LogP contribution in [0.4, 0.5) is 0 Å². The number of ether oxygens (including phenoxy) is 2. The summed E-state index contributed by atoms with van der Waals surface area (Å²) in [6, 6.07) is 16.0. The van der Waals surface area contributed by atoms with E-state index in [1.807, 2.05) is 49.5 Å². The Morgan fingerprint density at radius 1 is 1.05 bits per heavy atom. The molecule has 2 rings (SSSR count). The van der Waals surface area contributed by atoms with Gasteiger partial charge < -0.3 is 14.8 Å². The molecule has 0 fully saturated rings. The highest BCUT2D eigenvalue weighted by molar-refractivity contribution is 9.10. The molecular formula is C17H20BrNO2. The van der Waals surface area contributed by atoms with E-state index in [9.17, 15) is 0 Å². The van der Waals surface area contributed by atoms with Gasteiger partial charge in [0.15, 0.2) is 0 Å². The number of nitrogens with one attached hydrogen (secondary N) is 1. The summed E-state index contributed by atoms with van der Waals surface area (Å²) < 4.78 is 12.5. The summed E-state index contributed by atoms with van der Waals surface area (Å²) in [5.41, 5.74) is 1.13. The predicted octanol–water partition coefficient (Wildman–Crippen LogP) is 4.19. The first kappa shape index (κ1) is 15.9. The lowest BCUT2D eigenvalue weighted by Gasteiger charge is -2.17. The van der Waals surface area contributed by atoms with Crippen LogP contribution in [0.1, 0.15) is 18.5 Å². The third-order valence-electron chi connectivity index (χ3n) is 3.22. The highest BCUT2D eigenvalue weighted by Gasteiger charge is 2.10. The summed E-state index contributed by atoms with van der Waals surface area (Å²) in [5, 5.41) is 3.23. The first-order valence-corrected chi connectivity index (χ1v) is 7.77. The Kier molecular flexibility index (Phi) is 6.08. The Labute approximate surface area is 134 Å². The van der Waals surface area contributed by atoms with Crippen molar-refractivity contribution in [3.63, 3.8) is 0 Å². The Hall–Kier alpha value is -1.52. The highest BCUT2D eigenvalue weighted by Crippen LogP contribution is 2.28. The van der Waals surface area contributed by atoms with E-state index in [1.54, 1.807) is 0 Å². The minimum absolute atomic E-state index is 0.229. The van der Waals surface area contributed by atoms with Gasteiger partial charge >= 0.3 is 0 Å². The van der Waals surface area contributed by atoms with Crippen molar-refractivity contribution in [3.8, 4) is 11.5 Å². The maximum atomic E-state index is 5.85. The van der Waals surface area contributed by atoms with Gasteiger partial charge in [-0.2, -0.15) is 0 Å². The Balaban J connectivity index is 1.91. The number of hydrogen-bond acceptors (Lipinski definition) is 3. The summed E-state index contributed by atoms with van der Waals surface area (Å²) in [5.74, 6) is 1.75. The summed E-state index contributed by atoms with van der Waals surface area (Å²) in [4.78, 5) is 0. The van der Waals surface area contributed by atoms with Crippen LogP contribution in [0.2, 0.25) is 0 Å². The largest absolute Gasteiger partial charge is 0.490 e. The highest BCUT2D eigenvalue weighted by atomic mass is 79.9. The molecule has 0 aliphatic heterocycles. The number of hydrogen-bond donors (Lipinski definition) is 1. The summed E-state index contributed by atoms with van der Waals surface area (Å²) >= 11 is 3.50. The SMILES string of the molecule is CNC(C)c1cc(Br)ccc1OCCOc1ccccc1. The molecule has 0 aromatic heterocycles. The number of halogens is 1. The van der Waals surface area contributed by atoms with Crippen LogP contribution in [0.15, 0.2) is 53.0 Å². The normalized spacial score (nSPS) is 12.0. The zero-order chi connectivity index (χ0) is 15.1. The maximum Gasteiger partial charge on any atom is 0.124 e. The van der Waals surface area contributed by atoms with Gasteiger partial charge in [-0.25, -0.2) is 0 Å². The molecule has 1 N–H and O–H groups in total. The summed E-state index contributed by atoms with van der Waals surface area (Å²) in [7, 11) is 1.94. The molecule has 2 aromatic rings. The van der Waals surface area contributed by atoms with E-state index >= 15 is 0 Å². The molecule has 4 heteroatoms. The van der Waals surface area contributed by atoms with Crippen LogP contribution in [-0.4, -0.2) is 20.3 Å². The molecular weight excluding hydrogens is 330 g/mol. The van der Waals surface area contributed by atoms with Crippen molar-refractivity contribution in [2.24, 2.45) is 0 Å². The van der Waals surface area contributed by atoms with Crippen LogP contribution in [0, 0.1) is 0 Å². The van der Waals surface area contributed by atoms with Gasteiger partial charge in [-0.15, -0.1) is 0 Å². The van der Waals surface area contributed by atoms with Crippen molar-refractivity contribution in [3.05, 3.63) is 58.6 Å². The third kappa shape index (κ3) is 4.76. The molecule has 3 nitrogen and oxygen atoms in total. The fourth-order valence-electron chi connectivity index (χ4n) is 1.97. The first-order valence-electron chi connectivity index (χ1n) is 6.98. The van der Waals surface area contributed by atoms with Crippen LogP contribution >= 0.6 is 15.9 Å². The lowest BCUT2D eigenvalue weighted by atomic mass is 10.1. The molecule has 0 heterocycles. The van der Waals surface area contributed by atoms with Crippen molar-refractivity contribution in [1.82, 2.24) is 5.32 Å². The fourth-order valence-corrected chi connectivity index (χ4v) is 2.35. The predicted molar refractivity (Wildman–Crippen MR) is 89.0 cm³/mol. The number of para-hydroxylation sites is 1. The molecule has 1 unspecified atom stereocenters. The van der Waals surface area contributed by atoms with E-state index in [0.717, 1.165) is 21.5 Å². The minimum atomic E-state index is 0.229. The molecule has 0 saturated carbocycles. The van der Waals surface area contributed by atoms with E-state index < -0.39 is 0 Å². The molecule has 112 valence electrons. The molecule has 0 radical (unpaired) electrons. The number of rotatable bonds is 7. The second kappa shape index (κ2) is 8.05. The van der Waals surface area contributed by atoms with Crippen molar-refractivity contribution >= 4 is 15.9 Å². The van der Waals surface area contributed by atoms with Gasteiger partial charge in [0.25, 0.3) is 0 Å². The lowest BCUT2D eigenvalue weighted by Crippen LogP contribution is -2.15. The number of benzene rings is 2. The molecule has 2 aromatic carbocycles. The van der Waals surface area contributed by atoms with E-state index in [0.29, 0.717) is 13.2 Å². The molecule has 0 amide bonds. The topological polar surface area (TPSA) is 30.5 Å². The van der Waals surface area contributed by atoms with Crippen molar-refractivity contribution in [2.45, 2.75) is 13.0 Å². The summed E-state index contributed by atoms with van der Waals surface area (Å²) in [6.07, 6.45) is 0. The van der Waals surface area contributed by atoms with Gasteiger partial charge in [0, 0.05) is 16.1 Å². The van der Waals surface area contributed by atoms with Gasteiger partial charge in [0.2, 0.25) is 0 Å². The van der Waals surface area contributed by atoms with E-state index in [4.69, 9.17) is 9.47 Å². The fraction of sp³-hybridized carbons (Fsp3) is 0.294. The van der Waals surface area contributed by atoms with Crippen molar-refractivity contribution < 1.29 is 9.47 Å². The Morgan fingerprint density at radius 3 is 2.48 bits per heavy atom. The summed E-state index contributed by atoms with van der Waals surface area (Å²) in [6.45, 7) is 3.14. The quantitative estimate of drug-likeness (QED) is 0.760. The maximum absolute atomic E-state index is 5.85. The lowest BCUT2D eigenvalue weighted by molar-refractivity contribution is 0.215. The van der Waals surface area contributed by atoms with Gasteiger partial charge in [0.05, 0.1) is 0 Å². The standard InChI is InChI=1S/C17H20BrNO2/c1-13(19-2)16-12-14(18)8-9-17(16)21-11-10-20-15-6-4-3-5-7-15/h3-9,12-13,19H,10-11H2,1-2H3. The monoisotopic (exact) mass is 349 g/mol. The average Bonchev–Trinajstić information content (AvgIpc) is 2.53. The third-order valence-corrected chi connectivity index (χ3v) is 3.72. The van der Waals surface area contributed by atoms with Crippen LogP contribution in [0.3, 0.4) is 0 Å². The van der Waals surface area contributed by atoms with Crippen LogP contribution in [-0.2, 0) is 0 Å². The molecule has 0 saturated heterocycles. The molecule has 0 spiro atoms. The van der Waals surface area contributed by atoms with Crippen LogP contribution in [0.5, 0.6) is 11.5 Å². The van der Waals surface area contributed by atoms with Crippen LogP contribution < -0.4 is 14.8 Å². The van der Waals surface area contributed by atoms with E-state index in [2.05, 4.69) is 34.2 Å². The molecule has 21 heavy (non-hydrogen) atoms. The van der Waals surface area contributed by atoms with E-state index in [1.165, 1.54) is 0 Å². The first-order chi connectivity index (χ1) is 10.2. The van der Waals surface area contributed by atoms with Crippen LogP contribution in [0.25, 0.3) is 0 Å². The van der Waals surface area contributed by atoms with Crippen molar-refractivity contribution in [1.29, 1.82) is 0 Å². The zero-order valence-corrected chi connectivity index (χ0v) is 13.9. The second-order valence-electron chi connectivity index (χ2n) is 4.70. The zero-order valence-electron chi connectivity index (χ0n) is 12.3. The van der Waals surface area contributed by atoms with Crippen molar-refractivity contribution in [2.75, 3.05) is 20.3 Å².